The monoisotopic (exact) mass is 547 g/mol. The van der Waals surface area contributed by atoms with Crippen LogP contribution in [0.2, 0.25) is 5.02 Å². The Bertz CT molecular complexity index is 1480. The molecule has 1 N–H and O–H groups in total. The first-order valence-corrected chi connectivity index (χ1v) is 14.5. The summed E-state index contributed by atoms with van der Waals surface area (Å²) in [5.74, 6) is -0.235. The number of carbonyl (C=O) groups is 1. The molecule has 1 amide bonds. The number of amides is 1. The van der Waals surface area contributed by atoms with Gasteiger partial charge in [-0.25, -0.2) is 4.98 Å². The molecule has 0 radical (unpaired) electrons. The van der Waals surface area contributed by atoms with Crippen molar-refractivity contribution < 1.29 is 4.79 Å². The Labute approximate surface area is 233 Å². The minimum absolute atomic E-state index is 0.0605. The van der Waals surface area contributed by atoms with Crippen LogP contribution in [0.5, 0.6) is 0 Å². The number of thiazole rings is 1. The van der Waals surface area contributed by atoms with Crippen molar-refractivity contribution in [3.8, 4) is 27.5 Å². The molecule has 0 saturated carbocycles. The van der Waals surface area contributed by atoms with E-state index in [1.807, 2.05) is 56.5 Å². The maximum Gasteiger partial charge on any atom is 0.265 e. The first-order valence-electron chi connectivity index (χ1n) is 13.2. The number of hydrogen-bond acceptors (Lipinski definition) is 4. The Balaban J connectivity index is 2.04. The number of para-hydroxylation sites is 1. The number of halogens is 1. The summed E-state index contributed by atoms with van der Waals surface area (Å²) in [6.07, 6.45) is 2.37. The zero-order valence-corrected chi connectivity index (χ0v) is 24.2. The van der Waals surface area contributed by atoms with Crippen molar-refractivity contribution in [1.29, 1.82) is 0 Å². The Hall–Kier alpha value is -3.22. The van der Waals surface area contributed by atoms with E-state index in [0.717, 1.165) is 53.0 Å². The van der Waals surface area contributed by atoms with E-state index >= 15 is 0 Å². The van der Waals surface area contributed by atoms with Gasteiger partial charge in [-0.2, -0.15) is 0 Å². The van der Waals surface area contributed by atoms with E-state index < -0.39 is 0 Å². The molecule has 2 aromatic carbocycles. The molecular formula is C31H34ClN3O2S. The fourth-order valence-corrected chi connectivity index (χ4v) is 5.71. The molecule has 0 bridgehead atoms. The van der Waals surface area contributed by atoms with Gasteiger partial charge in [0.05, 0.1) is 22.5 Å². The number of aromatic nitrogens is 2. The Morgan fingerprint density at radius 1 is 1.05 bits per heavy atom. The summed E-state index contributed by atoms with van der Waals surface area (Å²) in [6, 6.07) is 15.4. The highest BCUT2D eigenvalue weighted by atomic mass is 35.5. The quantitative estimate of drug-likeness (QED) is 0.234. The summed E-state index contributed by atoms with van der Waals surface area (Å²) >= 11 is 7.47. The van der Waals surface area contributed by atoms with Gasteiger partial charge in [0.25, 0.3) is 11.5 Å². The molecule has 7 heteroatoms. The first kappa shape index (κ1) is 27.8. The zero-order chi connectivity index (χ0) is 27.4. The number of nitrogens with zero attached hydrogens (tertiary/aromatic N) is 2. The number of hydrogen-bond donors (Lipinski definition) is 1. The number of nitrogens with one attached hydrogen (secondary N) is 1. The van der Waals surface area contributed by atoms with Crippen LogP contribution in [0.15, 0.2) is 58.7 Å². The molecule has 4 aromatic rings. The molecule has 0 aliphatic heterocycles. The van der Waals surface area contributed by atoms with Crippen LogP contribution in [-0.4, -0.2) is 22.0 Å². The number of pyridine rings is 1. The van der Waals surface area contributed by atoms with Crippen molar-refractivity contribution >= 4 is 28.8 Å². The largest absolute Gasteiger partial charge is 0.352 e. The highest BCUT2D eigenvalue weighted by molar-refractivity contribution is 7.13. The van der Waals surface area contributed by atoms with E-state index in [9.17, 15) is 9.59 Å². The van der Waals surface area contributed by atoms with Gasteiger partial charge in [-0.1, -0.05) is 76.6 Å². The summed E-state index contributed by atoms with van der Waals surface area (Å²) in [4.78, 5) is 32.7. The molecular weight excluding hydrogens is 514 g/mol. The third-order valence-electron chi connectivity index (χ3n) is 6.63. The Morgan fingerprint density at radius 3 is 2.29 bits per heavy atom. The number of benzene rings is 2. The average Bonchev–Trinajstić information content (AvgIpc) is 3.41. The van der Waals surface area contributed by atoms with Gasteiger partial charge < -0.3 is 5.32 Å². The molecule has 2 heterocycles. The number of aryl methyl sites for hydroxylation is 2. The second kappa shape index (κ2) is 12.1. The highest BCUT2D eigenvalue weighted by Crippen LogP contribution is 2.33. The van der Waals surface area contributed by atoms with Crippen molar-refractivity contribution in [2.45, 2.75) is 59.8 Å². The minimum Gasteiger partial charge on any atom is -0.352 e. The van der Waals surface area contributed by atoms with E-state index in [4.69, 9.17) is 16.6 Å². The van der Waals surface area contributed by atoms with E-state index in [1.54, 1.807) is 10.6 Å². The molecule has 0 fully saturated rings. The number of rotatable bonds is 9. The van der Waals surface area contributed by atoms with Crippen molar-refractivity contribution in [2.75, 3.05) is 6.54 Å². The third-order valence-corrected chi connectivity index (χ3v) is 7.76. The van der Waals surface area contributed by atoms with Crippen LogP contribution in [-0.2, 0) is 12.8 Å². The molecule has 198 valence electrons. The van der Waals surface area contributed by atoms with E-state index in [1.165, 1.54) is 11.3 Å². The summed E-state index contributed by atoms with van der Waals surface area (Å²) in [5, 5.41) is 6.20. The van der Waals surface area contributed by atoms with E-state index in [0.29, 0.717) is 27.7 Å². The minimum atomic E-state index is -0.174. The van der Waals surface area contributed by atoms with Crippen LogP contribution in [0.4, 0.5) is 0 Å². The van der Waals surface area contributed by atoms with Crippen LogP contribution in [0.1, 0.15) is 74.1 Å². The second-order valence-electron chi connectivity index (χ2n) is 9.58. The molecule has 0 aliphatic carbocycles. The summed E-state index contributed by atoms with van der Waals surface area (Å²) in [5.41, 5.74) is 6.21. The molecule has 4 rings (SSSR count). The summed E-state index contributed by atoms with van der Waals surface area (Å²) in [7, 11) is 0. The van der Waals surface area contributed by atoms with Crippen LogP contribution in [0.3, 0.4) is 0 Å². The SMILES string of the molecule is CCCNC(=O)c1cc(-c2nc(-c3ccc(Cl)cc3)cs2)c(=O)n(-c2c(CC)cccc2CC)c1C(C)C. The van der Waals surface area contributed by atoms with Gasteiger partial charge in [0.1, 0.15) is 5.01 Å². The van der Waals surface area contributed by atoms with Gasteiger partial charge in [0.15, 0.2) is 0 Å². The van der Waals surface area contributed by atoms with Gasteiger partial charge in [-0.05, 0) is 54.5 Å². The van der Waals surface area contributed by atoms with Gasteiger partial charge in [-0.15, -0.1) is 11.3 Å². The van der Waals surface area contributed by atoms with E-state index in [-0.39, 0.29) is 17.4 Å². The first-order chi connectivity index (χ1) is 18.3. The van der Waals surface area contributed by atoms with Crippen LogP contribution in [0.25, 0.3) is 27.5 Å². The smallest absolute Gasteiger partial charge is 0.265 e. The van der Waals surface area contributed by atoms with Crippen molar-refractivity contribution in [1.82, 2.24) is 14.9 Å². The highest BCUT2D eigenvalue weighted by Gasteiger charge is 2.26. The average molecular weight is 548 g/mol. The Kier molecular flexibility index (Phi) is 8.85. The molecule has 0 unspecified atom stereocenters. The van der Waals surface area contributed by atoms with Crippen molar-refractivity contribution in [2.24, 2.45) is 0 Å². The predicted molar refractivity (Wildman–Crippen MR) is 159 cm³/mol. The maximum absolute atomic E-state index is 14.4. The predicted octanol–water partition coefficient (Wildman–Crippen LogP) is 7.67. The molecule has 38 heavy (non-hydrogen) atoms. The van der Waals surface area contributed by atoms with E-state index in [2.05, 4.69) is 31.3 Å². The lowest BCUT2D eigenvalue weighted by atomic mass is 9.96. The molecule has 5 nitrogen and oxygen atoms in total. The van der Waals surface area contributed by atoms with Gasteiger partial charge in [0, 0.05) is 28.2 Å². The van der Waals surface area contributed by atoms with Gasteiger partial charge in [-0.3, -0.25) is 14.2 Å². The lowest BCUT2D eigenvalue weighted by molar-refractivity contribution is 0.0951. The molecule has 0 saturated heterocycles. The molecule has 2 aromatic heterocycles. The zero-order valence-electron chi connectivity index (χ0n) is 22.6. The second-order valence-corrected chi connectivity index (χ2v) is 10.9. The summed E-state index contributed by atoms with van der Waals surface area (Å²) < 4.78 is 1.79. The normalized spacial score (nSPS) is 11.2. The van der Waals surface area contributed by atoms with Gasteiger partial charge in [0.2, 0.25) is 0 Å². The van der Waals surface area contributed by atoms with Crippen LogP contribution >= 0.6 is 22.9 Å². The fourth-order valence-electron chi connectivity index (χ4n) is 4.74. The molecule has 0 spiro atoms. The van der Waals surface area contributed by atoms with Crippen LogP contribution < -0.4 is 10.9 Å². The topological polar surface area (TPSA) is 64.0 Å². The van der Waals surface area contributed by atoms with Gasteiger partial charge >= 0.3 is 0 Å². The van der Waals surface area contributed by atoms with Crippen LogP contribution in [0, 0.1) is 0 Å². The fraction of sp³-hybridized carbons (Fsp3) is 0.323. The Morgan fingerprint density at radius 2 is 1.71 bits per heavy atom. The summed E-state index contributed by atoms with van der Waals surface area (Å²) in [6.45, 7) is 10.8. The molecule has 0 aliphatic rings. The standard InChI is InChI=1S/C31H34ClN3O2S/c1-6-16-33-29(36)24-17-25(30-34-26(18-38-30)22-12-14-23(32)15-13-22)31(37)35(27(24)19(4)5)28-20(7-2)10-9-11-21(28)8-3/h9-15,17-19H,6-8,16H2,1-5H3,(H,33,36). The lowest BCUT2D eigenvalue weighted by Gasteiger charge is -2.24. The maximum atomic E-state index is 14.4. The van der Waals surface area contributed by atoms with Crippen molar-refractivity contribution in [3.63, 3.8) is 0 Å². The number of carbonyl (C=O) groups excluding carboxylic acids is 1. The third kappa shape index (κ3) is 5.47. The van der Waals surface area contributed by atoms with Crippen molar-refractivity contribution in [3.05, 3.63) is 91.7 Å². The lowest BCUT2D eigenvalue weighted by Crippen LogP contribution is -2.32. The molecule has 0 atom stereocenters.